The number of hydrogen-bond acceptors (Lipinski definition) is 8. The number of benzene rings is 2. The first-order valence-corrected chi connectivity index (χ1v) is 13.2. The summed E-state index contributed by atoms with van der Waals surface area (Å²) in [5.74, 6) is 0.102. The molecule has 3 heterocycles. The minimum absolute atomic E-state index is 0.0612. The number of hydrogen-bond donors (Lipinski definition) is 1. The Morgan fingerprint density at radius 1 is 1.10 bits per heavy atom. The topological polar surface area (TPSA) is 115 Å². The number of nitrogens with zero attached hydrogens (tertiary/aromatic N) is 6. The van der Waals surface area contributed by atoms with Crippen molar-refractivity contribution in [1.29, 1.82) is 0 Å². The van der Waals surface area contributed by atoms with Crippen LogP contribution in [0.15, 0.2) is 54.7 Å². The molecule has 0 radical (unpaired) electrons. The van der Waals surface area contributed by atoms with Crippen molar-refractivity contribution in [2.45, 2.75) is 38.6 Å². The zero-order chi connectivity index (χ0) is 27.1. The van der Waals surface area contributed by atoms with E-state index in [1.54, 1.807) is 7.11 Å². The van der Waals surface area contributed by atoms with E-state index in [4.69, 9.17) is 9.47 Å². The van der Waals surface area contributed by atoms with Gasteiger partial charge in [-0.15, -0.1) is 15.3 Å². The fraction of sp³-hybridized carbons (Fsp3) is 0.414. The second-order valence-corrected chi connectivity index (χ2v) is 11.1. The van der Waals surface area contributed by atoms with E-state index in [0.29, 0.717) is 11.7 Å². The van der Waals surface area contributed by atoms with Gasteiger partial charge in [-0.25, -0.2) is 9.48 Å². The SMILES string of the molecule is COCOc1ccccc1-c1cc2ccc(N3CC4(CC(c5cn([C@H](C(=O)O)C(C)C)nn5)C4)C3)cc2nn1. The van der Waals surface area contributed by atoms with Crippen LogP contribution in [0, 0.1) is 11.3 Å². The quantitative estimate of drug-likeness (QED) is 0.313. The third-order valence-electron chi connectivity index (χ3n) is 7.96. The molecule has 2 fully saturated rings. The van der Waals surface area contributed by atoms with Crippen molar-refractivity contribution in [2.75, 3.05) is 31.9 Å². The summed E-state index contributed by atoms with van der Waals surface area (Å²) >= 11 is 0. The van der Waals surface area contributed by atoms with Gasteiger partial charge in [-0.05, 0) is 49.1 Å². The minimum Gasteiger partial charge on any atom is -0.480 e. The van der Waals surface area contributed by atoms with Crippen LogP contribution in [-0.4, -0.2) is 63.3 Å². The lowest BCUT2D eigenvalue weighted by molar-refractivity contribution is -0.142. The van der Waals surface area contributed by atoms with Crippen LogP contribution in [0.1, 0.15) is 44.3 Å². The Bertz CT molecular complexity index is 1500. The van der Waals surface area contributed by atoms with Gasteiger partial charge >= 0.3 is 5.97 Å². The van der Waals surface area contributed by atoms with E-state index in [1.165, 1.54) is 4.68 Å². The van der Waals surface area contributed by atoms with Crippen molar-refractivity contribution in [3.05, 3.63) is 60.4 Å². The average molecular weight is 529 g/mol. The molecule has 2 aliphatic rings. The summed E-state index contributed by atoms with van der Waals surface area (Å²) in [5.41, 5.74) is 4.82. The van der Waals surface area contributed by atoms with Crippen LogP contribution in [0.5, 0.6) is 5.75 Å². The minimum atomic E-state index is -0.877. The predicted octanol–water partition coefficient (Wildman–Crippen LogP) is 4.54. The Kier molecular flexibility index (Phi) is 6.42. The van der Waals surface area contributed by atoms with E-state index in [2.05, 4.69) is 43.6 Å². The molecule has 1 saturated heterocycles. The smallest absolute Gasteiger partial charge is 0.328 e. The number of anilines is 1. The van der Waals surface area contributed by atoms with Crippen LogP contribution in [0.25, 0.3) is 22.2 Å². The number of aliphatic carboxylic acids is 1. The highest BCUT2D eigenvalue weighted by Crippen LogP contribution is 2.56. The van der Waals surface area contributed by atoms with Crippen LogP contribution in [0.2, 0.25) is 0 Å². The molecule has 1 atom stereocenters. The Labute approximate surface area is 226 Å². The first-order chi connectivity index (χ1) is 18.9. The third kappa shape index (κ3) is 4.69. The Hall–Kier alpha value is -4.05. The van der Waals surface area contributed by atoms with E-state index < -0.39 is 12.0 Å². The molecule has 1 saturated carbocycles. The van der Waals surface area contributed by atoms with Gasteiger partial charge in [-0.1, -0.05) is 37.3 Å². The number of rotatable bonds is 9. The van der Waals surface area contributed by atoms with Gasteiger partial charge in [-0.2, -0.15) is 0 Å². The van der Waals surface area contributed by atoms with Crippen molar-refractivity contribution in [3.8, 4) is 17.0 Å². The monoisotopic (exact) mass is 528 g/mol. The fourth-order valence-corrected chi connectivity index (χ4v) is 6.00. The van der Waals surface area contributed by atoms with E-state index in [1.807, 2.05) is 50.4 Å². The van der Waals surface area contributed by atoms with Crippen molar-refractivity contribution in [1.82, 2.24) is 25.2 Å². The van der Waals surface area contributed by atoms with Gasteiger partial charge in [0.15, 0.2) is 12.8 Å². The van der Waals surface area contributed by atoms with Crippen LogP contribution in [0.4, 0.5) is 5.69 Å². The van der Waals surface area contributed by atoms with Crippen LogP contribution >= 0.6 is 0 Å². The number of methoxy groups -OCH3 is 1. The van der Waals surface area contributed by atoms with Gasteiger partial charge in [0.25, 0.3) is 0 Å². The first kappa shape index (κ1) is 25.2. The summed E-state index contributed by atoms with van der Waals surface area (Å²) in [6.07, 6.45) is 3.91. The zero-order valence-electron chi connectivity index (χ0n) is 22.3. The molecule has 10 nitrogen and oxygen atoms in total. The second kappa shape index (κ2) is 9.92. The summed E-state index contributed by atoms with van der Waals surface area (Å²) in [6.45, 7) is 5.92. The second-order valence-electron chi connectivity index (χ2n) is 11.1. The van der Waals surface area contributed by atoms with E-state index in [-0.39, 0.29) is 18.1 Å². The molecule has 2 aromatic carbocycles. The van der Waals surface area contributed by atoms with E-state index >= 15 is 0 Å². The van der Waals surface area contributed by atoms with Gasteiger partial charge in [-0.3, -0.25) is 0 Å². The summed E-state index contributed by atoms with van der Waals surface area (Å²) in [7, 11) is 1.59. The molecule has 2 aromatic heterocycles. The molecule has 1 aliphatic heterocycles. The summed E-state index contributed by atoms with van der Waals surface area (Å²) in [6, 6.07) is 15.4. The third-order valence-corrected chi connectivity index (χ3v) is 7.96. The summed E-state index contributed by atoms with van der Waals surface area (Å²) in [4.78, 5) is 14.0. The largest absolute Gasteiger partial charge is 0.480 e. The maximum absolute atomic E-state index is 11.6. The molecule has 0 bridgehead atoms. The average Bonchev–Trinajstić information content (AvgIpc) is 3.34. The van der Waals surface area contributed by atoms with E-state index in [9.17, 15) is 9.90 Å². The molecular formula is C29H32N6O4. The van der Waals surface area contributed by atoms with Crippen molar-refractivity contribution < 1.29 is 19.4 Å². The molecule has 1 aliphatic carbocycles. The van der Waals surface area contributed by atoms with Crippen molar-refractivity contribution >= 4 is 22.6 Å². The normalized spacial score (nSPS) is 17.3. The summed E-state index contributed by atoms with van der Waals surface area (Å²) in [5, 5.41) is 28.0. The van der Waals surface area contributed by atoms with Crippen LogP contribution in [-0.2, 0) is 9.53 Å². The standard InChI is InChI=1S/C29H32N6O4/c1-18(2)27(28(36)37)35-14-25(32-33-35)20-12-29(13-20)15-34(16-29)21-9-8-19-10-24(31-30-23(19)11-21)22-6-4-5-7-26(22)39-17-38-3/h4-11,14,18,20,27H,12-13,15-17H2,1-3H3,(H,36,37)/t27-/m0/s1. The maximum atomic E-state index is 11.6. The lowest BCUT2D eigenvalue weighted by Gasteiger charge is -2.59. The molecule has 39 heavy (non-hydrogen) atoms. The molecule has 4 aromatic rings. The number of aromatic nitrogens is 5. The number of ether oxygens (including phenoxy) is 2. The van der Waals surface area contributed by atoms with Crippen LogP contribution in [0.3, 0.4) is 0 Å². The van der Waals surface area contributed by atoms with Crippen LogP contribution < -0.4 is 9.64 Å². The molecular weight excluding hydrogens is 496 g/mol. The van der Waals surface area contributed by atoms with Gasteiger partial charge in [0.1, 0.15) is 5.75 Å². The molecule has 202 valence electrons. The van der Waals surface area contributed by atoms with Crippen molar-refractivity contribution in [2.24, 2.45) is 11.3 Å². The van der Waals surface area contributed by atoms with E-state index in [0.717, 1.165) is 59.5 Å². The number of para-hydroxylation sites is 1. The van der Waals surface area contributed by atoms with Gasteiger partial charge in [0.05, 0.1) is 16.9 Å². The van der Waals surface area contributed by atoms with Gasteiger partial charge in [0, 0.05) is 54.4 Å². The number of carboxylic acid groups (broad SMARTS) is 1. The highest BCUT2D eigenvalue weighted by atomic mass is 16.7. The number of fused-ring (bicyclic) bond motifs is 1. The molecule has 1 N–H and O–H groups in total. The first-order valence-electron chi connectivity index (χ1n) is 13.2. The summed E-state index contributed by atoms with van der Waals surface area (Å²) < 4.78 is 12.3. The highest BCUT2D eigenvalue weighted by molar-refractivity contribution is 5.85. The Balaban J connectivity index is 1.10. The number of carboxylic acids is 1. The molecule has 0 unspecified atom stereocenters. The van der Waals surface area contributed by atoms with Gasteiger partial charge in [0.2, 0.25) is 0 Å². The fourth-order valence-electron chi connectivity index (χ4n) is 6.00. The molecule has 0 amide bonds. The number of carbonyl (C=O) groups is 1. The predicted molar refractivity (Wildman–Crippen MR) is 146 cm³/mol. The Morgan fingerprint density at radius 3 is 2.64 bits per heavy atom. The van der Waals surface area contributed by atoms with Gasteiger partial charge < -0.3 is 19.5 Å². The lowest BCUT2D eigenvalue weighted by atomic mass is 9.57. The Morgan fingerprint density at radius 2 is 1.90 bits per heavy atom. The molecule has 1 spiro atoms. The molecule has 6 rings (SSSR count). The van der Waals surface area contributed by atoms with Crippen molar-refractivity contribution in [3.63, 3.8) is 0 Å². The lowest BCUT2D eigenvalue weighted by Crippen LogP contribution is -2.61. The molecule has 10 heteroatoms. The highest BCUT2D eigenvalue weighted by Gasteiger charge is 2.53. The maximum Gasteiger partial charge on any atom is 0.328 e. The zero-order valence-corrected chi connectivity index (χ0v) is 22.3.